The van der Waals surface area contributed by atoms with Gasteiger partial charge in [-0.15, -0.1) is 0 Å². The second-order valence-corrected chi connectivity index (χ2v) is 3.23. The van der Waals surface area contributed by atoms with Gasteiger partial charge in [0, 0.05) is 0 Å². The fraction of sp³-hybridized carbons (Fsp3) is 0.364. The van der Waals surface area contributed by atoms with Crippen molar-refractivity contribution >= 4 is 6.47 Å². The lowest BCUT2D eigenvalue weighted by molar-refractivity contribution is -0.129. The second-order valence-electron chi connectivity index (χ2n) is 3.23. The number of benzene rings is 1. The zero-order valence-corrected chi connectivity index (χ0v) is 8.93. The van der Waals surface area contributed by atoms with Crippen LogP contribution in [0.25, 0.3) is 0 Å². The summed E-state index contributed by atoms with van der Waals surface area (Å²) in [6, 6.07) is 9.55. The molecule has 78 valence electrons. The van der Waals surface area contributed by atoms with Gasteiger partial charge in [0.2, 0.25) is 0 Å². The molecule has 0 amide bonds. The Morgan fingerprint density at radius 2 is 1.71 bits per heavy atom. The molecule has 0 fully saturated rings. The highest BCUT2D eigenvalue weighted by Crippen LogP contribution is 1.98. The number of hydrogen-bond acceptors (Lipinski definition) is 3. The van der Waals surface area contributed by atoms with E-state index in [1.807, 2.05) is 56.4 Å². The Kier molecular flexibility index (Phi) is 7.46. The number of ether oxygens (including phenoxy) is 1. The van der Waals surface area contributed by atoms with Crippen molar-refractivity contribution in [2.45, 2.75) is 6.61 Å². The normalized spacial score (nSPS) is 8.86. The van der Waals surface area contributed by atoms with Crippen molar-refractivity contribution in [3.8, 4) is 0 Å². The molecule has 14 heavy (non-hydrogen) atoms. The summed E-state index contributed by atoms with van der Waals surface area (Å²) in [4.78, 5) is 11.8. The van der Waals surface area contributed by atoms with Crippen LogP contribution < -0.4 is 0 Å². The molecule has 0 aromatic heterocycles. The fourth-order valence-electron chi connectivity index (χ4n) is 0.704. The Morgan fingerprint density at radius 3 is 2.14 bits per heavy atom. The van der Waals surface area contributed by atoms with Crippen LogP contribution in [0.5, 0.6) is 0 Å². The molecule has 0 radical (unpaired) electrons. The van der Waals surface area contributed by atoms with Gasteiger partial charge < -0.3 is 9.64 Å². The van der Waals surface area contributed by atoms with E-state index in [0.29, 0.717) is 13.1 Å². The zero-order valence-electron chi connectivity index (χ0n) is 8.93. The van der Waals surface area contributed by atoms with Gasteiger partial charge in [0.1, 0.15) is 6.61 Å². The summed E-state index contributed by atoms with van der Waals surface area (Å²) in [7, 11) is 6.00. The number of hydrogen-bond donors (Lipinski definition) is 0. The standard InChI is InChI=1S/C8H8O2.C3H9N/c9-7-10-6-8-4-2-1-3-5-8;1-4(2)3/h1-5,7H,6H2;1-3H3. The molecule has 3 nitrogen and oxygen atoms in total. The van der Waals surface area contributed by atoms with Crippen LogP contribution in [-0.4, -0.2) is 32.5 Å². The molecular formula is C11H17NO2. The first-order valence-corrected chi connectivity index (χ1v) is 4.37. The van der Waals surface area contributed by atoms with Crippen LogP contribution in [0.3, 0.4) is 0 Å². The molecule has 0 bridgehead atoms. The summed E-state index contributed by atoms with van der Waals surface area (Å²) in [6.07, 6.45) is 0. The summed E-state index contributed by atoms with van der Waals surface area (Å²) in [5, 5.41) is 0. The highest BCUT2D eigenvalue weighted by Gasteiger charge is 1.87. The molecule has 0 saturated heterocycles. The summed E-state index contributed by atoms with van der Waals surface area (Å²) in [5.41, 5.74) is 1.01. The minimum absolute atomic E-state index is 0.365. The van der Waals surface area contributed by atoms with E-state index in [4.69, 9.17) is 0 Å². The smallest absolute Gasteiger partial charge is 0.293 e. The lowest BCUT2D eigenvalue weighted by Crippen LogP contribution is -1.99. The average molecular weight is 195 g/mol. The summed E-state index contributed by atoms with van der Waals surface area (Å²) in [6.45, 7) is 0.817. The van der Waals surface area contributed by atoms with Crippen LogP contribution in [0.2, 0.25) is 0 Å². The first-order valence-electron chi connectivity index (χ1n) is 4.37. The van der Waals surface area contributed by atoms with Gasteiger partial charge in [0.05, 0.1) is 0 Å². The predicted octanol–water partition coefficient (Wildman–Crippen LogP) is 1.54. The van der Waals surface area contributed by atoms with Gasteiger partial charge in [-0.3, -0.25) is 4.79 Å². The van der Waals surface area contributed by atoms with Gasteiger partial charge in [0.15, 0.2) is 0 Å². The van der Waals surface area contributed by atoms with E-state index in [1.54, 1.807) is 0 Å². The Bertz CT molecular complexity index is 232. The van der Waals surface area contributed by atoms with E-state index in [9.17, 15) is 4.79 Å². The molecule has 0 aliphatic heterocycles. The molecule has 0 heterocycles. The maximum absolute atomic E-state index is 9.76. The highest BCUT2D eigenvalue weighted by atomic mass is 16.5. The minimum atomic E-state index is 0.365. The van der Waals surface area contributed by atoms with Crippen LogP contribution >= 0.6 is 0 Å². The lowest BCUT2D eigenvalue weighted by atomic mass is 10.2. The molecule has 0 unspecified atom stereocenters. The highest BCUT2D eigenvalue weighted by molar-refractivity contribution is 5.37. The number of rotatable bonds is 3. The molecule has 0 aliphatic carbocycles. The third kappa shape index (κ3) is 8.74. The molecule has 0 atom stereocenters. The molecule has 0 aliphatic rings. The van der Waals surface area contributed by atoms with E-state index in [2.05, 4.69) is 4.74 Å². The van der Waals surface area contributed by atoms with E-state index in [-0.39, 0.29) is 0 Å². The molecule has 1 rings (SSSR count). The number of carbonyl (C=O) groups is 1. The molecule has 0 N–H and O–H groups in total. The molecule has 0 spiro atoms. The summed E-state index contributed by atoms with van der Waals surface area (Å²) >= 11 is 0. The van der Waals surface area contributed by atoms with E-state index in [1.165, 1.54) is 0 Å². The lowest BCUT2D eigenvalue weighted by Gasteiger charge is -1.95. The van der Waals surface area contributed by atoms with Crippen LogP contribution in [0.4, 0.5) is 0 Å². The number of nitrogens with zero attached hydrogens (tertiary/aromatic N) is 1. The maximum atomic E-state index is 9.76. The topological polar surface area (TPSA) is 29.5 Å². The van der Waals surface area contributed by atoms with Gasteiger partial charge in [-0.05, 0) is 26.7 Å². The molecule has 0 saturated carbocycles. The number of carbonyl (C=O) groups excluding carboxylic acids is 1. The Morgan fingerprint density at radius 1 is 1.21 bits per heavy atom. The van der Waals surface area contributed by atoms with Gasteiger partial charge >= 0.3 is 0 Å². The quantitative estimate of drug-likeness (QED) is 0.685. The summed E-state index contributed by atoms with van der Waals surface area (Å²) < 4.78 is 4.54. The van der Waals surface area contributed by atoms with Crippen molar-refractivity contribution < 1.29 is 9.53 Å². The van der Waals surface area contributed by atoms with Gasteiger partial charge in [0.25, 0.3) is 6.47 Å². The van der Waals surface area contributed by atoms with E-state index in [0.717, 1.165) is 5.56 Å². The van der Waals surface area contributed by atoms with E-state index >= 15 is 0 Å². The van der Waals surface area contributed by atoms with Crippen molar-refractivity contribution in [3.63, 3.8) is 0 Å². The third-order valence-corrected chi connectivity index (χ3v) is 1.16. The molecule has 1 aromatic carbocycles. The predicted molar refractivity (Wildman–Crippen MR) is 56.9 cm³/mol. The van der Waals surface area contributed by atoms with Crippen LogP contribution in [0.1, 0.15) is 5.56 Å². The molecule has 1 aromatic rings. The van der Waals surface area contributed by atoms with Gasteiger partial charge in [-0.25, -0.2) is 0 Å². The van der Waals surface area contributed by atoms with Crippen LogP contribution in [0, 0.1) is 0 Å². The van der Waals surface area contributed by atoms with Crippen LogP contribution in [-0.2, 0) is 16.1 Å². The Balaban J connectivity index is 0.000000364. The maximum Gasteiger partial charge on any atom is 0.293 e. The third-order valence-electron chi connectivity index (χ3n) is 1.16. The molecule has 3 heteroatoms. The largest absolute Gasteiger partial charge is 0.463 e. The minimum Gasteiger partial charge on any atom is -0.463 e. The van der Waals surface area contributed by atoms with Gasteiger partial charge in [-0.1, -0.05) is 30.3 Å². The van der Waals surface area contributed by atoms with Crippen LogP contribution in [0.15, 0.2) is 30.3 Å². The SMILES string of the molecule is CN(C)C.O=COCc1ccccc1. The zero-order chi connectivity index (χ0) is 10.8. The van der Waals surface area contributed by atoms with Crippen molar-refractivity contribution in [1.29, 1.82) is 0 Å². The van der Waals surface area contributed by atoms with Gasteiger partial charge in [-0.2, -0.15) is 0 Å². The molecular weight excluding hydrogens is 178 g/mol. The Labute approximate surface area is 85.3 Å². The van der Waals surface area contributed by atoms with E-state index < -0.39 is 0 Å². The first kappa shape index (κ1) is 12.7. The monoisotopic (exact) mass is 195 g/mol. The van der Waals surface area contributed by atoms with Crippen molar-refractivity contribution in [3.05, 3.63) is 35.9 Å². The average Bonchev–Trinajstić information content (AvgIpc) is 2.15. The van der Waals surface area contributed by atoms with Crippen molar-refractivity contribution in [2.24, 2.45) is 0 Å². The Hall–Kier alpha value is -1.35. The second kappa shape index (κ2) is 8.26. The summed E-state index contributed by atoms with van der Waals surface area (Å²) in [5.74, 6) is 0. The van der Waals surface area contributed by atoms with Crippen molar-refractivity contribution in [2.75, 3.05) is 21.1 Å². The van der Waals surface area contributed by atoms with Crippen molar-refractivity contribution in [1.82, 2.24) is 4.90 Å². The first-order chi connectivity index (χ1) is 6.66. The fourth-order valence-corrected chi connectivity index (χ4v) is 0.704.